The van der Waals surface area contributed by atoms with Crippen LogP contribution in [-0.4, -0.2) is 13.0 Å². The Balaban J connectivity index is 2.15. The second kappa shape index (κ2) is 6.11. The predicted molar refractivity (Wildman–Crippen MR) is 78.4 cm³/mol. The number of nitrogen functional groups attached to an aromatic ring is 1. The molecule has 21 heavy (non-hydrogen) atoms. The van der Waals surface area contributed by atoms with Crippen LogP contribution in [0.4, 0.5) is 5.69 Å². The van der Waals surface area contributed by atoms with Crippen LogP contribution in [0.2, 0.25) is 0 Å². The Kier molecular flexibility index (Phi) is 4.26. The van der Waals surface area contributed by atoms with E-state index in [9.17, 15) is 4.79 Å². The van der Waals surface area contributed by atoms with E-state index in [0.29, 0.717) is 17.9 Å². The third-order valence-corrected chi connectivity index (χ3v) is 3.22. The van der Waals surface area contributed by atoms with Crippen LogP contribution in [0.3, 0.4) is 0 Å². The topological polar surface area (TPSA) is 95.3 Å². The molecule has 0 aliphatic rings. The molecule has 0 unspecified atom stereocenters. The molecule has 2 rings (SSSR count). The SMILES string of the molecule is Cc1oc(C(=O)NN)cc1CN(C)c1ccc(C#N)cc1. The number of hydrogen-bond acceptors (Lipinski definition) is 5. The van der Waals surface area contributed by atoms with Gasteiger partial charge in [0, 0.05) is 24.8 Å². The number of hydrogen-bond donors (Lipinski definition) is 2. The average Bonchev–Trinajstić information content (AvgIpc) is 2.87. The third kappa shape index (κ3) is 3.22. The smallest absolute Gasteiger partial charge is 0.300 e. The van der Waals surface area contributed by atoms with Crippen LogP contribution in [-0.2, 0) is 6.54 Å². The van der Waals surface area contributed by atoms with Crippen LogP contribution in [0.5, 0.6) is 0 Å². The van der Waals surface area contributed by atoms with E-state index in [4.69, 9.17) is 15.5 Å². The van der Waals surface area contributed by atoms with E-state index in [1.165, 1.54) is 0 Å². The molecule has 0 bridgehead atoms. The van der Waals surface area contributed by atoms with Gasteiger partial charge in [-0.15, -0.1) is 0 Å². The highest BCUT2D eigenvalue weighted by Gasteiger charge is 2.14. The van der Waals surface area contributed by atoms with Crippen molar-refractivity contribution in [3.8, 4) is 6.07 Å². The number of nitrogens with two attached hydrogens (primary N) is 1. The number of nitriles is 1. The molecule has 108 valence electrons. The van der Waals surface area contributed by atoms with Crippen molar-refractivity contribution in [3.63, 3.8) is 0 Å². The fourth-order valence-corrected chi connectivity index (χ4v) is 2.00. The minimum Gasteiger partial charge on any atom is -0.456 e. The van der Waals surface area contributed by atoms with Crippen molar-refractivity contribution in [2.24, 2.45) is 5.84 Å². The van der Waals surface area contributed by atoms with Crippen LogP contribution >= 0.6 is 0 Å². The van der Waals surface area contributed by atoms with Crippen LogP contribution in [0.1, 0.15) is 27.4 Å². The summed E-state index contributed by atoms with van der Waals surface area (Å²) >= 11 is 0. The number of benzene rings is 1. The van der Waals surface area contributed by atoms with Crippen molar-refractivity contribution in [2.75, 3.05) is 11.9 Å². The molecule has 1 heterocycles. The summed E-state index contributed by atoms with van der Waals surface area (Å²) in [6.45, 7) is 2.38. The molecule has 0 fully saturated rings. The van der Waals surface area contributed by atoms with E-state index in [2.05, 4.69) is 6.07 Å². The third-order valence-electron chi connectivity index (χ3n) is 3.22. The van der Waals surface area contributed by atoms with Gasteiger partial charge in [-0.25, -0.2) is 5.84 Å². The summed E-state index contributed by atoms with van der Waals surface area (Å²) in [6, 6.07) is 11.0. The lowest BCUT2D eigenvalue weighted by Gasteiger charge is -2.18. The number of hydrazine groups is 1. The maximum Gasteiger partial charge on any atom is 0.300 e. The standard InChI is InChI=1S/C15H16N4O2/c1-10-12(7-14(21-10)15(20)18-17)9-19(2)13-5-3-11(8-16)4-6-13/h3-7H,9,17H2,1-2H3,(H,18,20). The number of nitrogens with zero attached hydrogens (tertiary/aromatic N) is 2. The number of carbonyl (C=O) groups is 1. The van der Waals surface area contributed by atoms with Gasteiger partial charge in [-0.05, 0) is 37.3 Å². The lowest BCUT2D eigenvalue weighted by atomic mass is 10.2. The van der Waals surface area contributed by atoms with Gasteiger partial charge in [-0.3, -0.25) is 10.2 Å². The highest BCUT2D eigenvalue weighted by atomic mass is 16.4. The summed E-state index contributed by atoms with van der Waals surface area (Å²) in [5.41, 5.74) is 4.54. The van der Waals surface area contributed by atoms with Crippen LogP contribution in [0.15, 0.2) is 34.7 Å². The second-order valence-corrected chi connectivity index (χ2v) is 4.68. The number of rotatable bonds is 4. The van der Waals surface area contributed by atoms with Crippen LogP contribution in [0.25, 0.3) is 0 Å². The fourth-order valence-electron chi connectivity index (χ4n) is 2.00. The van der Waals surface area contributed by atoms with Crippen molar-refractivity contribution in [2.45, 2.75) is 13.5 Å². The molecule has 6 heteroatoms. The number of anilines is 1. The first-order chi connectivity index (χ1) is 10.0. The van der Waals surface area contributed by atoms with E-state index >= 15 is 0 Å². The van der Waals surface area contributed by atoms with Crippen molar-refractivity contribution in [3.05, 3.63) is 53.0 Å². The summed E-state index contributed by atoms with van der Waals surface area (Å²) < 4.78 is 5.38. The van der Waals surface area contributed by atoms with Crippen LogP contribution in [0, 0.1) is 18.3 Å². The molecular weight excluding hydrogens is 268 g/mol. The molecule has 0 atom stereocenters. The molecule has 2 aromatic rings. The lowest BCUT2D eigenvalue weighted by Crippen LogP contribution is -2.29. The highest BCUT2D eigenvalue weighted by molar-refractivity contribution is 5.91. The van der Waals surface area contributed by atoms with Crippen molar-refractivity contribution >= 4 is 11.6 Å². The summed E-state index contributed by atoms with van der Waals surface area (Å²) in [5, 5.41) is 8.79. The molecule has 0 saturated heterocycles. The van der Waals surface area contributed by atoms with E-state index in [0.717, 1.165) is 11.3 Å². The summed E-state index contributed by atoms with van der Waals surface area (Å²) in [5.74, 6) is 5.50. The highest BCUT2D eigenvalue weighted by Crippen LogP contribution is 2.20. The predicted octanol–water partition coefficient (Wildman–Crippen LogP) is 1.70. The lowest BCUT2D eigenvalue weighted by molar-refractivity contribution is 0.0924. The Morgan fingerprint density at radius 3 is 2.67 bits per heavy atom. The normalized spacial score (nSPS) is 10.0. The van der Waals surface area contributed by atoms with Crippen molar-refractivity contribution in [1.29, 1.82) is 5.26 Å². The van der Waals surface area contributed by atoms with Crippen LogP contribution < -0.4 is 16.2 Å². The fraction of sp³-hybridized carbons (Fsp3) is 0.200. The molecular formula is C15H16N4O2. The molecule has 1 amide bonds. The Labute approximate surface area is 122 Å². The number of aryl methyl sites for hydroxylation is 1. The zero-order valence-corrected chi connectivity index (χ0v) is 11.9. The molecule has 0 saturated carbocycles. The van der Waals surface area contributed by atoms with Gasteiger partial charge in [0.25, 0.3) is 0 Å². The number of carbonyl (C=O) groups excluding carboxylic acids is 1. The Morgan fingerprint density at radius 1 is 1.43 bits per heavy atom. The maximum absolute atomic E-state index is 11.4. The van der Waals surface area contributed by atoms with E-state index in [1.54, 1.807) is 25.1 Å². The largest absolute Gasteiger partial charge is 0.456 e. The molecule has 0 aliphatic heterocycles. The molecule has 1 aromatic heterocycles. The first-order valence-electron chi connectivity index (χ1n) is 6.36. The molecule has 0 aliphatic carbocycles. The number of furan rings is 1. The average molecular weight is 284 g/mol. The van der Waals surface area contributed by atoms with Gasteiger partial charge in [0.1, 0.15) is 5.76 Å². The molecule has 0 spiro atoms. The Bertz CT molecular complexity index is 683. The van der Waals surface area contributed by atoms with Gasteiger partial charge in [0.2, 0.25) is 0 Å². The first kappa shape index (κ1) is 14.6. The van der Waals surface area contributed by atoms with Gasteiger partial charge in [-0.2, -0.15) is 5.26 Å². The molecule has 0 radical (unpaired) electrons. The second-order valence-electron chi connectivity index (χ2n) is 4.68. The minimum absolute atomic E-state index is 0.193. The van der Waals surface area contributed by atoms with Gasteiger partial charge < -0.3 is 9.32 Å². The van der Waals surface area contributed by atoms with Gasteiger partial charge in [0.15, 0.2) is 5.76 Å². The monoisotopic (exact) mass is 284 g/mol. The van der Waals surface area contributed by atoms with Crippen molar-refractivity contribution in [1.82, 2.24) is 5.43 Å². The summed E-state index contributed by atoms with van der Waals surface area (Å²) in [6.07, 6.45) is 0. The zero-order valence-electron chi connectivity index (χ0n) is 11.9. The van der Waals surface area contributed by atoms with E-state index in [-0.39, 0.29) is 5.76 Å². The van der Waals surface area contributed by atoms with Gasteiger partial charge in [0.05, 0.1) is 11.6 Å². The van der Waals surface area contributed by atoms with Crippen molar-refractivity contribution < 1.29 is 9.21 Å². The Morgan fingerprint density at radius 2 is 2.10 bits per heavy atom. The van der Waals surface area contributed by atoms with E-state index < -0.39 is 5.91 Å². The Hall–Kier alpha value is -2.78. The summed E-state index contributed by atoms with van der Waals surface area (Å²) in [7, 11) is 1.93. The van der Waals surface area contributed by atoms with Gasteiger partial charge in [-0.1, -0.05) is 0 Å². The number of amides is 1. The minimum atomic E-state index is -0.453. The van der Waals surface area contributed by atoms with Gasteiger partial charge >= 0.3 is 5.91 Å². The molecule has 6 nitrogen and oxygen atoms in total. The molecule has 3 N–H and O–H groups in total. The first-order valence-corrected chi connectivity index (χ1v) is 6.36. The number of nitrogens with one attached hydrogen (secondary N) is 1. The zero-order chi connectivity index (χ0) is 15.4. The van der Waals surface area contributed by atoms with E-state index in [1.807, 2.05) is 29.5 Å². The quantitative estimate of drug-likeness (QED) is 0.506. The maximum atomic E-state index is 11.4. The summed E-state index contributed by atoms with van der Waals surface area (Å²) in [4.78, 5) is 13.4. The molecule has 1 aromatic carbocycles.